The lowest BCUT2D eigenvalue weighted by atomic mass is 9.74. The number of fused-ring (bicyclic) bond motifs is 2. The number of benzene rings is 1. The van der Waals surface area contributed by atoms with Crippen LogP contribution in [0.3, 0.4) is 0 Å². The second-order valence-electron chi connectivity index (χ2n) is 12.1. The van der Waals surface area contributed by atoms with Crippen molar-refractivity contribution in [3.8, 4) is 0 Å². The minimum Gasteiger partial charge on any atom is -0.455 e. The zero-order valence-corrected chi connectivity index (χ0v) is 27.1. The standard InChI is InChI=1S/C33H42BrN3O7/c1-4-12-20(3)36-16-11-7-10-15-25(39)35-18-24(21-13-8-6-9-14-21)43-32(42)26-27-30(40)37(22(5-2)19-38)29(31(36)41)33(27)17-23(34)28(26)44-33/h6-9,11,13-14,17,20,22,24,26-29,38H,4-5,10,12,15-16,18-19H2,1-3H3,(H,35,39)/b11-7-/t20?,22-,24+,26+,27-,28+,29+,33-/m0/s1. The molecule has 3 amide bonds. The molecule has 11 heteroatoms. The molecule has 4 aliphatic rings. The fourth-order valence-corrected chi connectivity index (χ4v) is 7.90. The van der Waals surface area contributed by atoms with Gasteiger partial charge in [0.05, 0.1) is 25.1 Å². The van der Waals surface area contributed by atoms with E-state index in [1.54, 1.807) is 11.0 Å². The van der Waals surface area contributed by atoms with Crippen LogP contribution in [-0.4, -0.2) is 88.1 Å². The van der Waals surface area contributed by atoms with Crippen LogP contribution >= 0.6 is 15.9 Å². The largest absolute Gasteiger partial charge is 0.455 e. The van der Waals surface area contributed by atoms with Crippen LogP contribution in [0.1, 0.15) is 64.5 Å². The zero-order chi connectivity index (χ0) is 31.6. The first kappa shape index (κ1) is 32.4. The average Bonchev–Trinajstić information content (AvgIpc) is 3.61. The van der Waals surface area contributed by atoms with Gasteiger partial charge >= 0.3 is 5.97 Å². The van der Waals surface area contributed by atoms with Gasteiger partial charge in [0, 0.05) is 23.5 Å². The summed E-state index contributed by atoms with van der Waals surface area (Å²) in [7, 11) is 0. The second-order valence-corrected chi connectivity index (χ2v) is 13.0. The number of aliphatic hydroxyl groups excluding tert-OH is 1. The van der Waals surface area contributed by atoms with Gasteiger partial charge < -0.3 is 29.7 Å². The van der Waals surface area contributed by atoms with Crippen LogP contribution in [0.15, 0.2) is 53.0 Å². The van der Waals surface area contributed by atoms with Gasteiger partial charge in [-0.25, -0.2) is 0 Å². The van der Waals surface area contributed by atoms with E-state index in [-0.39, 0.29) is 44.0 Å². The van der Waals surface area contributed by atoms with E-state index in [2.05, 4.69) is 28.2 Å². The summed E-state index contributed by atoms with van der Waals surface area (Å²) >= 11 is 3.58. The SMILES string of the molecule is CCCC(C)N1C/C=C\CCC(=O)NC[C@H](c2ccccc2)OC(=O)[C@H]2[C@@H]3O[C@@]4(C=C3Br)[C@@H]2C(=O)N([C@@H](CC)CO)[C@@H]4C1=O. The molecule has 238 valence electrons. The van der Waals surface area contributed by atoms with Gasteiger partial charge in [0.1, 0.15) is 29.8 Å². The Balaban J connectivity index is 1.62. The van der Waals surface area contributed by atoms with Crippen LogP contribution in [0.5, 0.6) is 0 Å². The van der Waals surface area contributed by atoms with Crippen LogP contribution in [0.4, 0.5) is 0 Å². The molecule has 0 radical (unpaired) electrons. The van der Waals surface area contributed by atoms with E-state index in [1.165, 1.54) is 4.90 Å². The molecular formula is C33H42BrN3O7. The van der Waals surface area contributed by atoms with E-state index in [0.29, 0.717) is 22.9 Å². The van der Waals surface area contributed by atoms with Gasteiger partial charge in [-0.2, -0.15) is 0 Å². The molecule has 2 fully saturated rings. The van der Waals surface area contributed by atoms with Crippen LogP contribution in [0.25, 0.3) is 0 Å². The number of ether oxygens (including phenoxy) is 2. The molecule has 0 saturated carbocycles. The number of nitrogens with one attached hydrogen (secondary N) is 1. The van der Waals surface area contributed by atoms with E-state index in [0.717, 1.165) is 12.8 Å². The van der Waals surface area contributed by atoms with Crippen LogP contribution in [0.2, 0.25) is 0 Å². The molecule has 4 aliphatic heterocycles. The summed E-state index contributed by atoms with van der Waals surface area (Å²) in [6.45, 7) is 5.90. The summed E-state index contributed by atoms with van der Waals surface area (Å²) in [5.74, 6) is -3.58. The maximum Gasteiger partial charge on any atom is 0.313 e. The molecule has 0 aromatic heterocycles. The van der Waals surface area contributed by atoms with Crippen LogP contribution < -0.4 is 5.32 Å². The number of hydrogen-bond acceptors (Lipinski definition) is 7. The molecular weight excluding hydrogens is 630 g/mol. The molecule has 5 bridgehead atoms. The molecule has 2 saturated heterocycles. The number of likely N-dealkylation sites (tertiary alicyclic amines) is 1. The third-order valence-corrected chi connectivity index (χ3v) is 10.1. The topological polar surface area (TPSA) is 125 Å². The summed E-state index contributed by atoms with van der Waals surface area (Å²) < 4.78 is 13.2. The second kappa shape index (κ2) is 13.5. The van der Waals surface area contributed by atoms with Gasteiger partial charge in [0.2, 0.25) is 17.7 Å². The minimum absolute atomic E-state index is 0.0648. The van der Waals surface area contributed by atoms with Gasteiger partial charge in [-0.15, -0.1) is 0 Å². The Bertz CT molecular complexity index is 1320. The maximum absolute atomic E-state index is 14.7. The Labute approximate surface area is 266 Å². The summed E-state index contributed by atoms with van der Waals surface area (Å²) in [5, 5.41) is 13.3. The molecule has 1 aromatic carbocycles. The lowest BCUT2D eigenvalue weighted by Gasteiger charge is -2.40. The minimum atomic E-state index is -1.41. The summed E-state index contributed by atoms with van der Waals surface area (Å²) in [4.78, 5) is 59.2. The highest BCUT2D eigenvalue weighted by Gasteiger charge is 2.75. The number of carbonyl (C=O) groups excluding carboxylic acids is 4. The van der Waals surface area contributed by atoms with Crippen LogP contribution in [-0.2, 0) is 28.7 Å². The number of cyclic esters (lactones) is 1. The molecule has 0 aliphatic carbocycles. The monoisotopic (exact) mass is 671 g/mol. The highest BCUT2D eigenvalue weighted by molar-refractivity contribution is 9.11. The lowest BCUT2D eigenvalue weighted by Crippen LogP contribution is -2.59. The Kier molecular flexibility index (Phi) is 9.96. The quantitative estimate of drug-likeness (QED) is 0.336. The average molecular weight is 673 g/mol. The fraction of sp³-hybridized carbons (Fsp3) is 0.576. The van der Waals surface area contributed by atoms with E-state index in [4.69, 9.17) is 9.47 Å². The number of aliphatic hydroxyl groups is 1. The molecule has 4 heterocycles. The Morgan fingerprint density at radius 2 is 1.86 bits per heavy atom. The first-order valence-corrected chi connectivity index (χ1v) is 16.4. The van der Waals surface area contributed by atoms with E-state index in [1.807, 2.05) is 56.3 Å². The number of allylic oxidation sites excluding steroid dienone is 1. The molecule has 1 aromatic rings. The van der Waals surface area contributed by atoms with E-state index >= 15 is 0 Å². The first-order chi connectivity index (χ1) is 21.2. The Morgan fingerprint density at radius 3 is 2.55 bits per heavy atom. The zero-order valence-electron chi connectivity index (χ0n) is 25.5. The smallest absolute Gasteiger partial charge is 0.313 e. The number of nitrogens with zero attached hydrogens (tertiary/aromatic N) is 2. The number of rotatable bonds is 7. The van der Waals surface area contributed by atoms with Crippen molar-refractivity contribution in [2.24, 2.45) is 11.8 Å². The van der Waals surface area contributed by atoms with Gasteiger partial charge in [-0.05, 0) is 37.8 Å². The molecule has 1 unspecified atom stereocenters. The molecule has 10 nitrogen and oxygen atoms in total. The van der Waals surface area contributed by atoms with Crippen molar-refractivity contribution in [3.63, 3.8) is 0 Å². The van der Waals surface area contributed by atoms with Gasteiger partial charge in [-0.3, -0.25) is 19.2 Å². The molecule has 5 rings (SSSR count). The number of esters is 1. The van der Waals surface area contributed by atoms with Crippen molar-refractivity contribution in [1.29, 1.82) is 0 Å². The predicted molar refractivity (Wildman–Crippen MR) is 166 cm³/mol. The van der Waals surface area contributed by atoms with Gasteiger partial charge in [0.25, 0.3) is 0 Å². The third-order valence-electron chi connectivity index (χ3n) is 9.39. The highest BCUT2D eigenvalue weighted by Crippen LogP contribution is 2.59. The Morgan fingerprint density at radius 1 is 1.11 bits per heavy atom. The summed E-state index contributed by atoms with van der Waals surface area (Å²) in [6, 6.07) is 7.27. The molecule has 2 N–H and O–H groups in total. The van der Waals surface area contributed by atoms with Crippen molar-refractivity contribution >= 4 is 39.6 Å². The number of amides is 3. The summed E-state index contributed by atoms with van der Waals surface area (Å²) in [6.07, 6.45) is 6.66. The van der Waals surface area contributed by atoms with Crippen molar-refractivity contribution in [2.45, 2.75) is 88.8 Å². The maximum atomic E-state index is 14.7. The van der Waals surface area contributed by atoms with Crippen molar-refractivity contribution in [2.75, 3.05) is 19.7 Å². The van der Waals surface area contributed by atoms with Crippen LogP contribution in [0, 0.1) is 11.8 Å². The van der Waals surface area contributed by atoms with Crippen molar-refractivity contribution in [1.82, 2.24) is 15.1 Å². The highest BCUT2D eigenvalue weighted by atomic mass is 79.9. The number of halogens is 1. The van der Waals surface area contributed by atoms with Gasteiger partial charge in [-0.1, -0.05) is 78.7 Å². The van der Waals surface area contributed by atoms with E-state index in [9.17, 15) is 24.3 Å². The van der Waals surface area contributed by atoms with Gasteiger partial charge in [0.15, 0.2) is 0 Å². The number of carbonyl (C=O) groups is 4. The first-order valence-electron chi connectivity index (χ1n) is 15.6. The number of hydrogen-bond donors (Lipinski definition) is 2. The normalized spacial score (nSPS) is 33.0. The molecule has 1 spiro atoms. The van der Waals surface area contributed by atoms with Crippen molar-refractivity contribution < 1.29 is 33.8 Å². The molecule has 8 atom stereocenters. The Hall–Kier alpha value is -3.02. The van der Waals surface area contributed by atoms with E-state index < -0.39 is 53.6 Å². The predicted octanol–water partition coefficient (Wildman–Crippen LogP) is 3.40. The lowest BCUT2D eigenvalue weighted by molar-refractivity contribution is -0.160. The molecule has 44 heavy (non-hydrogen) atoms. The summed E-state index contributed by atoms with van der Waals surface area (Å²) in [5.41, 5.74) is -0.714. The third kappa shape index (κ3) is 5.74. The fourth-order valence-electron chi connectivity index (χ4n) is 7.16. The van der Waals surface area contributed by atoms with Crippen molar-refractivity contribution in [3.05, 3.63) is 58.6 Å².